The highest BCUT2D eigenvalue weighted by atomic mass is 19.3. The second-order valence-electron chi connectivity index (χ2n) is 3.23. The zero-order valence-electron chi connectivity index (χ0n) is 9.49. The molecule has 102 valence electrons. The first-order chi connectivity index (χ1) is 8.90. The number of carbonyl (C=O) groups is 1. The number of methoxy groups -OCH3 is 1. The molecule has 0 fully saturated rings. The highest BCUT2D eigenvalue weighted by Gasteiger charge is 2.24. The molecule has 0 bridgehead atoms. The Bertz CT molecular complexity index is 525. The Morgan fingerprint density at radius 1 is 1.32 bits per heavy atom. The van der Waals surface area contributed by atoms with Crippen molar-refractivity contribution in [2.45, 2.75) is 13.0 Å². The van der Waals surface area contributed by atoms with Gasteiger partial charge in [0.1, 0.15) is 11.6 Å². The van der Waals surface area contributed by atoms with Crippen LogP contribution in [0.5, 0.6) is 5.75 Å². The van der Waals surface area contributed by atoms with Crippen molar-refractivity contribution < 1.29 is 31.8 Å². The van der Waals surface area contributed by atoms with Gasteiger partial charge in [-0.05, 0) is 12.1 Å². The highest BCUT2D eigenvalue weighted by molar-refractivity contribution is 5.93. The van der Waals surface area contributed by atoms with Crippen LogP contribution in [0.25, 0.3) is 0 Å². The van der Waals surface area contributed by atoms with E-state index < -0.39 is 41.4 Å². The number of carbonyl (C=O) groups excluding carboxylic acids is 1. The second-order valence-corrected chi connectivity index (χ2v) is 3.23. The number of rotatable bonds is 4. The van der Waals surface area contributed by atoms with E-state index in [-0.39, 0.29) is 0 Å². The van der Waals surface area contributed by atoms with Crippen molar-refractivity contribution in [2.24, 2.45) is 0 Å². The first-order valence-electron chi connectivity index (χ1n) is 4.80. The van der Waals surface area contributed by atoms with Gasteiger partial charge in [-0.25, -0.2) is 13.6 Å². The zero-order valence-corrected chi connectivity index (χ0v) is 9.49. The Balaban J connectivity index is 3.49. The van der Waals surface area contributed by atoms with Gasteiger partial charge in [0.15, 0.2) is 5.75 Å². The average Bonchev–Trinajstić information content (AvgIpc) is 2.36. The first-order valence-corrected chi connectivity index (χ1v) is 4.80. The Morgan fingerprint density at radius 3 is 2.37 bits per heavy atom. The number of esters is 1. The molecule has 8 heteroatoms. The van der Waals surface area contributed by atoms with Crippen LogP contribution < -0.4 is 4.74 Å². The third-order valence-electron chi connectivity index (χ3n) is 2.10. The Morgan fingerprint density at radius 2 is 1.95 bits per heavy atom. The molecule has 0 aliphatic heterocycles. The van der Waals surface area contributed by atoms with Gasteiger partial charge in [-0.1, -0.05) is 0 Å². The number of halogens is 4. The molecule has 19 heavy (non-hydrogen) atoms. The normalized spacial score (nSPS) is 10.4. The van der Waals surface area contributed by atoms with E-state index in [0.717, 1.165) is 7.11 Å². The number of benzene rings is 1. The fourth-order valence-electron chi connectivity index (χ4n) is 1.34. The molecule has 0 aromatic heterocycles. The van der Waals surface area contributed by atoms with E-state index in [4.69, 9.17) is 5.26 Å². The molecule has 0 spiro atoms. The van der Waals surface area contributed by atoms with Gasteiger partial charge in [0.25, 0.3) is 6.43 Å². The molecule has 0 N–H and O–H groups in total. The lowest BCUT2D eigenvalue weighted by molar-refractivity contribution is -0.0506. The Kier molecular flexibility index (Phi) is 4.69. The summed E-state index contributed by atoms with van der Waals surface area (Å²) in [4.78, 5) is 11.4. The molecule has 0 atom stereocenters. The molecular formula is C11H7F4NO3. The van der Waals surface area contributed by atoms with Gasteiger partial charge in [0.05, 0.1) is 12.7 Å². The molecular weight excluding hydrogens is 270 g/mol. The van der Waals surface area contributed by atoms with Crippen LogP contribution in [0.2, 0.25) is 0 Å². The predicted octanol–water partition coefficient (Wildman–Crippen LogP) is 2.88. The number of ether oxygens (including phenoxy) is 2. The molecule has 1 aromatic carbocycles. The van der Waals surface area contributed by atoms with Gasteiger partial charge in [-0.3, -0.25) is 0 Å². The summed E-state index contributed by atoms with van der Waals surface area (Å²) in [5, 5.41) is 8.74. The van der Waals surface area contributed by atoms with Gasteiger partial charge in [-0.2, -0.15) is 14.0 Å². The van der Waals surface area contributed by atoms with Gasteiger partial charge < -0.3 is 9.47 Å². The summed E-state index contributed by atoms with van der Waals surface area (Å²) in [6, 6.07) is 2.74. The summed E-state index contributed by atoms with van der Waals surface area (Å²) in [6.07, 6.45) is -2.98. The van der Waals surface area contributed by atoms with Gasteiger partial charge in [-0.15, -0.1) is 0 Å². The fraction of sp³-hybridized carbons (Fsp3) is 0.273. The van der Waals surface area contributed by atoms with Crippen LogP contribution >= 0.6 is 0 Å². The van der Waals surface area contributed by atoms with Crippen molar-refractivity contribution in [2.75, 3.05) is 7.11 Å². The summed E-state index contributed by atoms with van der Waals surface area (Å²) >= 11 is 0. The number of hydrogen-bond donors (Lipinski definition) is 0. The van der Waals surface area contributed by atoms with Crippen molar-refractivity contribution in [1.82, 2.24) is 0 Å². The maximum atomic E-state index is 12.6. The van der Waals surface area contributed by atoms with Crippen LogP contribution in [0.1, 0.15) is 27.9 Å². The Hall–Kier alpha value is -2.30. The van der Waals surface area contributed by atoms with Crippen LogP contribution in [0, 0.1) is 11.3 Å². The van der Waals surface area contributed by atoms with Crippen molar-refractivity contribution in [3.63, 3.8) is 0 Å². The van der Waals surface area contributed by atoms with Crippen molar-refractivity contribution >= 4 is 5.97 Å². The Labute approximate surface area is 105 Å². The molecule has 0 saturated carbocycles. The topological polar surface area (TPSA) is 59.3 Å². The number of alkyl halides is 4. The molecule has 1 rings (SSSR count). The minimum absolute atomic E-state index is 0.599. The van der Waals surface area contributed by atoms with Gasteiger partial charge >= 0.3 is 12.6 Å². The largest absolute Gasteiger partial charge is 0.465 e. The monoisotopic (exact) mass is 277 g/mol. The summed E-state index contributed by atoms with van der Waals surface area (Å²) in [5.41, 5.74) is -1.92. The SMILES string of the molecule is COC(=O)c1cc(C(F)F)cc(C#N)c1OC(F)F. The second kappa shape index (κ2) is 6.04. The number of nitrogens with zero attached hydrogens (tertiary/aromatic N) is 1. The lowest BCUT2D eigenvalue weighted by atomic mass is 10.0. The van der Waals surface area contributed by atoms with E-state index in [1.54, 1.807) is 0 Å². The van der Waals surface area contributed by atoms with Crippen molar-refractivity contribution in [3.05, 3.63) is 28.8 Å². The molecule has 0 aliphatic carbocycles. The third kappa shape index (κ3) is 3.34. The molecule has 1 aromatic rings. The summed E-state index contributed by atoms with van der Waals surface area (Å²) in [5.74, 6) is -1.94. The van der Waals surface area contributed by atoms with Crippen LogP contribution in [0.3, 0.4) is 0 Å². The molecule has 0 heterocycles. The van der Waals surface area contributed by atoms with Gasteiger partial charge in [0, 0.05) is 5.56 Å². The van der Waals surface area contributed by atoms with Crippen LogP contribution in [-0.4, -0.2) is 19.7 Å². The van der Waals surface area contributed by atoms with E-state index in [1.807, 2.05) is 0 Å². The molecule has 0 aliphatic rings. The zero-order chi connectivity index (χ0) is 14.6. The smallest absolute Gasteiger partial charge is 0.387 e. The van der Waals surface area contributed by atoms with E-state index in [9.17, 15) is 22.4 Å². The standard InChI is InChI=1S/C11H7F4NO3/c1-18-10(17)7-3-5(9(12)13)2-6(4-16)8(7)19-11(14)15/h2-3,9,11H,1H3. The maximum Gasteiger partial charge on any atom is 0.387 e. The minimum atomic E-state index is -3.31. The van der Waals surface area contributed by atoms with Gasteiger partial charge in [0.2, 0.25) is 0 Å². The van der Waals surface area contributed by atoms with Crippen LogP contribution in [-0.2, 0) is 4.74 Å². The first kappa shape index (κ1) is 14.8. The summed E-state index contributed by atoms with van der Waals surface area (Å²) in [7, 11) is 0.940. The predicted molar refractivity (Wildman–Crippen MR) is 54.1 cm³/mol. The van der Waals surface area contributed by atoms with E-state index >= 15 is 0 Å². The van der Waals surface area contributed by atoms with E-state index in [2.05, 4.69) is 9.47 Å². The average molecular weight is 277 g/mol. The number of nitriles is 1. The molecule has 4 nitrogen and oxygen atoms in total. The van der Waals surface area contributed by atoms with E-state index in [0.29, 0.717) is 12.1 Å². The molecule has 0 saturated heterocycles. The lowest BCUT2D eigenvalue weighted by Crippen LogP contribution is -2.11. The quantitative estimate of drug-likeness (QED) is 0.627. The van der Waals surface area contributed by atoms with Crippen molar-refractivity contribution in [3.8, 4) is 11.8 Å². The maximum absolute atomic E-state index is 12.6. The summed E-state index contributed by atoms with van der Waals surface area (Å²) < 4.78 is 57.9. The lowest BCUT2D eigenvalue weighted by Gasteiger charge is -2.12. The molecule has 0 amide bonds. The van der Waals surface area contributed by atoms with Crippen LogP contribution in [0.15, 0.2) is 12.1 Å². The third-order valence-corrected chi connectivity index (χ3v) is 2.10. The molecule has 0 radical (unpaired) electrons. The summed E-state index contributed by atoms with van der Waals surface area (Å²) in [6.45, 7) is -3.31. The minimum Gasteiger partial charge on any atom is -0.465 e. The number of hydrogen-bond acceptors (Lipinski definition) is 4. The highest BCUT2D eigenvalue weighted by Crippen LogP contribution is 2.31. The van der Waals surface area contributed by atoms with Crippen LogP contribution in [0.4, 0.5) is 17.6 Å². The fourth-order valence-corrected chi connectivity index (χ4v) is 1.34. The van der Waals surface area contributed by atoms with E-state index in [1.165, 1.54) is 6.07 Å². The van der Waals surface area contributed by atoms with Crippen molar-refractivity contribution in [1.29, 1.82) is 5.26 Å². The molecule has 0 unspecified atom stereocenters.